The second-order valence-electron chi connectivity index (χ2n) is 8.44. The second-order valence-corrected chi connectivity index (χ2v) is 8.44. The van der Waals surface area contributed by atoms with Crippen molar-refractivity contribution in [3.05, 3.63) is 119 Å². The van der Waals surface area contributed by atoms with Gasteiger partial charge in [0.05, 0.1) is 12.1 Å². The minimum Gasteiger partial charge on any atom is -0.396 e. The first-order valence-corrected chi connectivity index (χ1v) is 11.3. The molecule has 4 nitrogen and oxygen atoms in total. The second kappa shape index (κ2) is 9.11. The number of hydrazine groups is 1. The normalized spacial score (nSPS) is 22.7. The Morgan fingerprint density at radius 2 is 1.62 bits per heavy atom. The van der Waals surface area contributed by atoms with E-state index in [1.807, 2.05) is 47.5 Å². The van der Waals surface area contributed by atoms with Crippen LogP contribution < -0.4 is 0 Å². The number of rotatable bonds is 5. The molecular formula is C28H28N2O2. The lowest BCUT2D eigenvalue weighted by atomic mass is 9.80. The molecule has 5 rings (SSSR count). The van der Waals surface area contributed by atoms with E-state index in [0.29, 0.717) is 12.0 Å². The van der Waals surface area contributed by atoms with Crippen LogP contribution in [0.5, 0.6) is 0 Å². The fourth-order valence-electron chi connectivity index (χ4n) is 5.25. The molecule has 3 aromatic rings. The lowest BCUT2D eigenvalue weighted by molar-refractivity contribution is -0.00904. The summed E-state index contributed by atoms with van der Waals surface area (Å²) in [5.41, 5.74) is 4.58. The lowest BCUT2D eigenvalue weighted by Gasteiger charge is -2.38. The molecule has 0 saturated carbocycles. The molecule has 2 aliphatic rings. The van der Waals surface area contributed by atoms with Crippen molar-refractivity contribution in [1.82, 2.24) is 10.0 Å². The average Bonchev–Trinajstić information content (AvgIpc) is 3.19. The quantitative estimate of drug-likeness (QED) is 0.601. The van der Waals surface area contributed by atoms with Crippen molar-refractivity contribution in [3.63, 3.8) is 0 Å². The van der Waals surface area contributed by atoms with E-state index in [1.54, 1.807) is 0 Å². The molecule has 0 bridgehead atoms. The number of hydrogen-bond acceptors (Lipinski definition) is 3. The molecule has 162 valence electrons. The Morgan fingerprint density at radius 1 is 0.938 bits per heavy atom. The standard InChI is InChI=1S/C28H28N2O2/c31-20-10-9-17-25-26(22-12-3-1-4-13-22)27-24-16-8-7-11-21(24)18-19-29(27)30(25)28(32)23-14-5-2-6-15-23/h1-9,11-17,25-27,31H,10,18-20H2/b17-9+/t25-,26-,27+/m0/s1. The number of amides is 1. The highest BCUT2D eigenvalue weighted by molar-refractivity contribution is 5.94. The molecule has 1 N–H and O–H groups in total. The Labute approximate surface area is 189 Å². The van der Waals surface area contributed by atoms with Crippen LogP contribution in [0.3, 0.4) is 0 Å². The smallest absolute Gasteiger partial charge is 0.268 e. The highest BCUT2D eigenvalue weighted by Crippen LogP contribution is 2.50. The topological polar surface area (TPSA) is 43.8 Å². The summed E-state index contributed by atoms with van der Waals surface area (Å²) in [6, 6.07) is 28.7. The SMILES string of the molecule is O=C(c1ccccc1)N1[C@@H](/C=C/CCO)[C@H](c2ccccc2)[C@H]2c3ccccc3CCN21. The zero-order chi connectivity index (χ0) is 21.9. The average molecular weight is 425 g/mol. The monoisotopic (exact) mass is 424 g/mol. The zero-order valence-corrected chi connectivity index (χ0v) is 18.0. The van der Waals surface area contributed by atoms with Crippen LogP contribution in [0.1, 0.15) is 45.4 Å². The summed E-state index contributed by atoms with van der Waals surface area (Å²) in [7, 11) is 0. The fourth-order valence-corrected chi connectivity index (χ4v) is 5.25. The van der Waals surface area contributed by atoms with E-state index in [4.69, 9.17) is 0 Å². The van der Waals surface area contributed by atoms with E-state index >= 15 is 0 Å². The van der Waals surface area contributed by atoms with Gasteiger partial charge in [-0.15, -0.1) is 0 Å². The summed E-state index contributed by atoms with van der Waals surface area (Å²) < 4.78 is 0. The van der Waals surface area contributed by atoms with Gasteiger partial charge in [-0.2, -0.15) is 0 Å². The maximum absolute atomic E-state index is 13.8. The zero-order valence-electron chi connectivity index (χ0n) is 18.0. The Hall–Kier alpha value is -3.21. The molecule has 4 heteroatoms. The van der Waals surface area contributed by atoms with E-state index in [2.05, 4.69) is 59.6 Å². The molecule has 3 atom stereocenters. The fraction of sp³-hybridized carbons (Fsp3) is 0.250. The van der Waals surface area contributed by atoms with Crippen LogP contribution >= 0.6 is 0 Å². The Bertz CT molecular complexity index is 1100. The summed E-state index contributed by atoms with van der Waals surface area (Å²) in [5, 5.41) is 13.6. The van der Waals surface area contributed by atoms with Crippen LogP contribution in [0.15, 0.2) is 97.1 Å². The molecule has 0 aromatic heterocycles. The van der Waals surface area contributed by atoms with Gasteiger partial charge in [-0.25, -0.2) is 5.01 Å². The van der Waals surface area contributed by atoms with E-state index in [9.17, 15) is 9.90 Å². The van der Waals surface area contributed by atoms with Gasteiger partial charge < -0.3 is 5.11 Å². The van der Waals surface area contributed by atoms with Gasteiger partial charge in [-0.1, -0.05) is 84.9 Å². The van der Waals surface area contributed by atoms with Gasteiger partial charge in [0, 0.05) is 24.6 Å². The van der Waals surface area contributed by atoms with Crippen molar-refractivity contribution in [2.24, 2.45) is 0 Å². The molecule has 0 spiro atoms. The van der Waals surface area contributed by atoms with Crippen molar-refractivity contribution >= 4 is 5.91 Å². The summed E-state index contributed by atoms with van der Waals surface area (Å²) in [6.45, 7) is 0.899. The Balaban J connectivity index is 1.66. The van der Waals surface area contributed by atoms with Crippen LogP contribution in [0.4, 0.5) is 0 Å². The van der Waals surface area contributed by atoms with Crippen molar-refractivity contribution < 1.29 is 9.90 Å². The molecular weight excluding hydrogens is 396 g/mol. The van der Waals surface area contributed by atoms with Crippen molar-refractivity contribution in [3.8, 4) is 0 Å². The minimum atomic E-state index is -0.132. The predicted octanol–water partition coefficient (Wildman–Crippen LogP) is 4.75. The molecule has 2 heterocycles. The van der Waals surface area contributed by atoms with E-state index < -0.39 is 0 Å². The minimum absolute atomic E-state index is 0.0204. The van der Waals surface area contributed by atoms with Gasteiger partial charge in [0.2, 0.25) is 0 Å². The summed E-state index contributed by atoms with van der Waals surface area (Å²) >= 11 is 0. The lowest BCUT2D eigenvalue weighted by Crippen LogP contribution is -2.47. The van der Waals surface area contributed by atoms with Crippen molar-refractivity contribution in [2.45, 2.75) is 30.8 Å². The molecule has 1 saturated heterocycles. The van der Waals surface area contributed by atoms with Crippen LogP contribution in [0.25, 0.3) is 0 Å². The molecule has 32 heavy (non-hydrogen) atoms. The number of nitrogens with zero attached hydrogens (tertiary/aromatic N) is 2. The number of fused-ring (bicyclic) bond motifs is 3. The van der Waals surface area contributed by atoms with Gasteiger partial charge in [0.15, 0.2) is 0 Å². The van der Waals surface area contributed by atoms with Crippen LogP contribution in [-0.2, 0) is 6.42 Å². The van der Waals surface area contributed by atoms with E-state index in [-0.39, 0.29) is 30.5 Å². The molecule has 0 unspecified atom stereocenters. The van der Waals surface area contributed by atoms with E-state index in [1.165, 1.54) is 16.7 Å². The van der Waals surface area contributed by atoms with Gasteiger partial charge in [-0.05, 0) is 41.7 Å². The van der Waals surface area contributed by atoms with Crippen molar-refractivity contribution in [2.75, 3.05) is 13.2 Å². The highest BCUT2D eigenvalue weighted by atomic mass is 16.2. The number of aliphatic hydroxyl groups excluding tert-OH is 1. The van der Waals surface area contributed by atoms with Crippen LogP contribution in [0, 0.1) is 0 Å². The third-order valence-corrected chi connectivity index (χ3v) is 6.61. The number of carbonyl (C=O) groups excluding carboxylic acids is 1. The first kappa shape index (κ1) is 20.7. The predicted molar refractivity (Wildman–Crippen MR) is 126 cm³/mol. The molecule has 1 fully saturated rings. The van der Waals surface area contributed by atoms with Crippen molar-refractivity contribution in [1.29, 1.82) is 0 Å². The summed E-state index contributed by atoms with van der Waals surface area (Å²) in [6.07, 6.45) is 5.62. The summed E-state index contributed by atoms with van der Waals surface area (Å²) in [5.74, 6) is 0.118. The number of hydrogen-bond donors (Lipinski definition) is 1. The summed E-state index contributed by atoms with van der Waals surface area (Å²) in [4.78, 5) is 13.8. The third-order valence-electron chi connectivity index (χ3n) is 6.61. The maximum Gasteiger partial charge on any atom is 0.268 e. The molecule has 0 radical (unpaired) electrons. The molecule has 3 aromatic carbocycles. The largest absolute Gasteiger partial charge is 0.396 e. The number of carbonyl (C=O) groups is 1. The Kier molecular flexibility index (Phi) is 5.89. The molecule has 1 amide bonds. The highest BCUT2D eigenvalue weighted by Gasteiger charge is 2.51. The van der Waals surface area contributed by atoms with Gasteiger partial charge in [-0.3, -0.25) is 9.80 Å². The number of benzene rings is 3. The molecule has 2 aliphatic heterocycles. The first-order valence-electron chi connectivity index (χ1n) is 11.3. The van der Waals surface area contributed by atoms with Gasteiger partial charge in [0.1, 0.15) is 0 Å². The first-order chi connectivity index (χ1) is 15.8. The van der Waals surface area contributed by atoms with Crippen LogP contribution in [-0.4, -0.2) is 40.2 Å². The van der Waals surface area contributed by atoms with E-state index in [0.717, 1.165) is 13.0 Å². The third kappa shape index (κ3) is 3.66. The number of aliphatic hydroxyl groups is 1. The van der Waals surface area contributed by atoms with Gasteiger partial charge in [0.25, 0.3) is 5.91 Å². The maximum atomic E-state index is 13.8. The van der Waals surface area contributed by atoms with Crippen LogP contribution in [0.2, 0.25) is 0 Å². The Morgan fingerprint density at radius 3 is 2.38 bits per heavy atom. The molecule has 0 aliphatic carbocycles. The van der Waals surface area contributed by atoms with Gasteiger partial charge >= 0.3 is 0 Å².